The highest BCUT2D eigenvalue weighted by atomic mass is 19.4. The Hall–Kier alpha value is -1.47. The monoisotopic (exact) mass is 284 g/mol. The van der Waals surface area contributed by atoms with Crippen LogP contribution in [0.5, 0.6) is 0 Å². The summed E-state index contributed by atoms with van der Waals surface area (Å²) >= 11 is 0. The zero-order chi connectivity index (χ0) is 15.1. The standard InChI is InChI=1S/C11H19F3N2O3/c1-8(2)16(7-3-4-9(17)18)10(19)15-6-5-11(12,13)14/h8H,3-7H2,1-2H3,(H,15,19)(H,17,18). The highest BCUT2D eigenvalue weighted by Gasteiger charge is 2.27. The second-order valence-corrected chi connectivity index (χ2v) is 4.38. The van der Waals surface area contributed by atoms with Crippen molar-refractivity contribution in [1.82, 2.24) is 10.2 Å². The first-order valence-electron chi connectivity index (χ1n) is 5.96. The van der Waals surface area contributed by atoms with E-state index in [2.05, 4.69) is 5.32 Å². The number of carboxylic acid groups (broad SMARTS) is 1. The number of carbonyl (C=O) groups excluding carboxylic acids is 1. The summed E-state index contributed by atoms with van der Waals surface area (Å²) in [7, 11) is 0. The average molecular weight is 284 g/mol. The van der Waals surface area contributed by atoms with Gasteiger partial charge in [-0.15, -0.1) is 0 Å². The molecule has 112 valence electrons. The fourth-order valence-electron chi connectivity index (χ4n) is 1.41. The fourth-order valence-corrected chi connectivity index (χ4v) is 1.41. The van der Waals surface area contributed by atoms with Crippen molar-refractivity contribution in [1.29, 1.82) is 0 Å². The molecule has 2 amide bonds. The number of hydrogen-bond acceptors (Lipinski definition) is 2. The van der Waals surface area contributed by atoms with Gasteiger partial charge in [-0.2, -0.15) is 13.2 Å². The third kappa shape index (κ3) is 9.15. The molecule has 0 aliphatic carbocycles. The zero-order valence-electron chi connectivity index (χ0n) is 11.0. The Balaban J connectivity index is 4.15. The summed E-state index contributed by atoms with van der Waals surface area (Å²) < 4.78 is 35.8. The number of carbonyl (C=O) groups is 2. The van der Waals surface area contributed by atoms with Crippen LogP contribution in [0.3, 0.4) is 0 Å². The summed E-state index contributed by atoms with van der Waals surface area (Å²) in [6, 6.07) is -0.815. The number of nitrogens with one attached hydrogen (secondary N) is 1. The third-order valence-corrected chi connectivity index (χ3v) is 2.36. The number of rotatable bonds is 7. The Morgan fingerprint density at radius 1 is 1.32 bits per heavy atom. The molecule has 0 bridgehead atoms. The molecule has 0 aromatic heterocycles. The van der Waals surface area contributed by atoms with Gasteiger partial charge in [0, 0.05) is 25.6 Å². The summed E-state index contributed by atoms with van der Waals surface area (Å²) in [6.07, 6.45) is -5.21. The van der Waals surface area contributed by atoms with Gasteiger partial charge < -0.3 is 15.3 Å². The number of alkyl halides is 3. The molecular weight excluding hydrogens is 265 g/mol. The molecule has 0 aliphatic heterocycles. The first-order chi connectivity index (χ1) is 8.63. The molecular formula is C11H19F3N2O3. The van der Waals surface area contributed by atoms with Crippen LogP contribution >= 0.6 is 0 Å². The topological polar surface area (TPSA) is 69.6 Å². The minimum Gasteiger partial charge on any atom is -0.481 e. The maximum Gasteiger partial charge on any atom is 0.390 e. The van der Waals surface area contributed by atoms with E-state index in [0.29, 0.717) is 0 Å². The summed E-state index contributed by atoms with van der Waals surface area (Å²) in [5, 5.41) is 10.7. The molecule has 2 N–H and O–H groups in total. The van der Waals surface area contributed by atoms with Crippen molar-refractivity contribution in [2.75, 3.05) is 13.1 Å². The number of carboxylic acids is 1. The Morgan fingerprint density at radius 2 is 1.89 bits per heavy atom. The molecule has 0 heterocycles. The Kier molecular flexibility index (Phi) is 7.25. The third-order valence-electron chi connectivity index (χ3n) is 2.36. The Bertz CT molecular complexity index is 306. The highest BCUT2D eigenvalue weighted by Crippen LogP contribution is 2.18. The van der Waals surface area contributed by atoms with E-state index < -0.39 is 31.1 Å². The molecule has 8 heteroatoms. The molecule has 0 saturated carbocycles. The predicted octanol–water partition coefficient (Wildman–Crippen LogP) is 2.22. The molecule has 0 aliphatic rings. The first kappa shape index (κ1) is 17.5. The molecule has 0 fully saturated rings. The van der Waals surface area contributed by atoms with Crippen molar-refractivity contribution >= 4 is 12.0 Å². The maximum absolute atomic E-state index is 11.9. The van der Waals surface area contributed by atoms with Gasteiger partial charge in [0.2, 0.25) is 0 Å². The Morgan fingerprint density at radius 3 is 2.32 bits per heavy atom. The van der Waals surface area contributed by atoms with Crippen molar-refractivity contribution < 1.29 is 27.9 Å². The molecule has 0 unspecified atom stereocenters. The molecule has 0 atom stereocenters. The molecule has 0 rings (SSSR count). The van der Waals surface area contributed by atoms with Crippen LogP contribution in [0.15, 0.2) is 0 Å². The summed E-state index contributed by atoms with van der Waals surface area (Å²) in [6.45, 7) is 3.14. The van der Waals surface area contributed by atoms with Crippen LogP contribution in [0.1, 0.15) is 33.1 Å². The molecule has 0 aromatic rings. The number of amides is 2. The van der Waals surface area contributed by atoms with Crippen LogP contribution in [0.25, 0.3) is 0 Å². The van der Waals surface area contributed by atoms with Gasteiger partial charge in [0.1, 0.15) is 0 Å². The van der Waals surface area contributed by atoms with Gasteiger partial charge in [0.05, 0.1) is 6.42 Å². The van der Waals surface area contributed by atoms with Crippen LogP contribution in [-0.4, -0.2) is 47.3 Å². The highest BCUT2D eigenvalue weighted by molar-refractivity contribution is 5.74. The van der Waals surface area contributed by atoms with Crippen LogP contribution in [0.4, 0.5) is 18.0 Å². The number of hydrogen-bond donors (Lipinski definition) is 2. The minimum absolute atomic E-state index is 0.0843. The molecule has 0 aromatic carbocycles. The Labute approximate surface area is 109 Å². The van der Waals surface area contributed by atoms with Gasteiger partial charge in [0.25, 0.3) is 0 Å². The summed E-state index contributed by atoms with van der Waals surface area (Å²) in [5.74, 6) is -0.971. The predicted molar refractivity (Wildman–Crippen MR) is 62.8 cm³/mol. The molecule has 19 heavy (non-hydrogen) atoms. The van der Waals surface area contributed by atoms with Gasteiger partial charge in [0.15, 0.2) is 0 Å². The van der Waals surface area contributed by atoms with Crippen LogP contribution < -0.4 is 5.32 Å². The van der Waals surface area contributed by atoms with E-state index in [1.807, 2.05) is 0 Å². The number of aliphatic carboxylic acids is 1. The van der Waals surface area contributed by atoms with E-state index in [1.54, 1.807) is 13.8 Å². The van der Waals surface area contributed by atoms with E-state index in [9.17, 15) is 22.8 Å². The molecule has 0 spiro atoms. The number of halogens is 3. The van der Waals surface area contributed by atoms with Crippen molar-refractivity contribution in [3.05, 3.63) is 0 Å². The lowest BCUT2D eigenvalue weighted by molar-refractivity contribution is -0.137. The minimum atomic E-state index is -4.31. The van der Waals surface area contributed by atoms with Crippen LogP contribution in [-0.2, 0) is 4.79 Å². The first-order valence-corrected chi connectivity index (χ1v) is 5.96. The van der Waals surface area contributed by atoms with Crippen LogP contribution in [0.2, 0.25) is 0 Å². The molecule has 0 saturated heterocycles. The lowest BCUT2D eigenvalue weighted by atomic mass is 10.2. The average Bonchev–Trinajstić information content (AvgIpc) is 2.21. The van der Waals surface area contributed by atoms with E-state index in [0.717, 1.165) is 0 Å². The largest absolute Gasteiger partial charge is 0.481 e. The van der Waals surface area contributed by atoms with Crippen molar-refractivity contribution in [3.63, 3.8) is 0 Å². The van der Waals surface area contributed by atoms with E-state index >= 15 is 0 Å². The zero-order valence-corrected chi connectivity index (χ0v) is 11.0. The maximum atomic E-state index is 11.9. The van der Waals surface area contributed by atoms with Gasteiger partial charge in [-0.1, -0.05) is 0 Å². The molecule has 0 radical (unpaired) electrons. The van der Waals surface area contributed by atoms with Gasteiger partial charge in [-0.3, -0.25) is 4.79 Å². The number of urea groups is 1. The SMILES string of the molecule is CC(C)N(CCCC(=O)O)C(=O)NCCC(F)(F)F. The van der Waals surface area contributed by atoms with Crippen molar-refractivity contribution in [2.24, 2.45) is 0 Å². The lowest BCUT2D eigenvalue weighted by Crippen LogP contribution is -2.45. The van der Waals surface area contributed by atoms with Gasteiger partial charge in [-0.05, 0) is 20.3 Å². The van der Waals surface area contributed by atoms with E-state index in [-0.39, 0.29) is 25.4 Å². The lowest BCUT2D eigenvalue weighted by Gasteiger charge is -2.26. The second kappa shape index (κ2) is 7.85. The quantitative estimate of drug-likeness (QED) is 0.753. The van der Waals surface area contributed by atoms with Gasteiger partial charge >= 0.3 is 18.2 Å². The molecule has 5 nitrogen and oxygen atoms in total. The normalized spacial score (nSPS) is 11.5. The smallest absolute Gasteiger partial charge is 0.390 e. The summed E-state index contributed by atoms with van der Waals surface area (Å²) in [5.41, 5.74) is 0. The van der Waals surface area contributed by atoms with E-state index in [4.69, 9.17) is 5.11 Å². The van der Waals surface area contributed by atoms with Crippen molar-refractivity contribution in [2.45, 2.75) is 45.3 Å². The van der Waals surface area contributed by atoms with E-state index in [1.165, 1.54) is 4.90 Å². The summed E-state index contributed by atoms with van der Waals surface area (Å²) in [4.78, 5) is 23.3. The second-order valence-electron chi connectivity index (χ2n) is 4.38. The van der Waals surface area contributed by atoms with Crippen molar-refractivity contribution in [3.8, 4) is 0 Å². The number of nitrogens with zero attached hydrogens (tertiary/aromatic N) is 1. The van der Waals surface area contributed by atoms with Gasteiger partial charge in [-0.25, -0.2) is 4.79 Å². The van der Waals surface area contributed by atoms with Crippen LogP contribution in [0, 0.1) is 0 Å². The fraction of sp³-hybridized carbons (Fsp3) is 0.818.